The van der Waals surface area contributed by atoms with Gasteiger partial charge in [0, 0.05) is 63.2 Å². The summed E-state index contributed by atoms with van der Waals surface area (Å²) in [6, 6.07) is 18.3. The van der Waals surface area contributed by atoms with E-state index in [4.69, 9.17) is 11.5 Å². The van der Waals surface area contributed by atoms with Crippen LogP contribution in [0.3, 0.4) is 0 Å². The van der Waals surface area contributed by atoms with Gasteiger partial charge in [0.15, 0.2) is 0 Å². The van der Waals surface area contributed by atoms with Gasteiger partial charge in [-0.3, -0.25) is 28.8 Å². The van der Waals surface area contributed by atoms with E-state index in [0.29, 0.717) is 50.8 Å². The lowest BCUT2D eigenvalue weighted by molar-refractivity contribution is -0.144. The van der Waals surface area contributed by atoms with Gasteiger partial charge < -0.3 is 47.1 Å². The highest BCUT2D eigenvalue weighted by Crippen LogP contribution is 2.36. The maximum atomic E-state index is 13.7. The summed E-state index contributed by atoms with van der Waals surface area (Å²) in [6.07, 6.45) is 8.29. The minimum atomic E-state index is -0.849. The van der Waals surface area contributed by atoms with Crippen LogP contribution in [0.1, 0.15) is 63.1 Å². The first-order valence-corrected chi connectivity index (χ1v) is 23.0. The number of primary amides is 1. The van der Waals surface area contributed by atoms with Gasteiger partial charge in [0.1, 0.15) is 6.04 Å². The van der Waals surface area contributed by atoms with Gasteiger partial charge in [0.05, 0.1) is 32.5 Å². The second-order valence-electron chi connectivity index (χ2n) is 16.1. The van der Waals surface area contributed by atoms with E-state index in [1.54, 1.807) is 6.20 Å². The van der Waals surface area contributed by atoms with Crippen molar-refractivity contribution in [2.24, 2.45) is 11.5 Å². The van der Waals surface area contributed by atoms with Gasteiger partial charge in [0.2, 0.25) is 35.4 Å². The number of carbonyl (C=O) groups is 6. The first-order valence-electron chi connectivity index (χ1n) is 22.4. The summed E-state index contributed by atoms with van der Waals surface area (Å²) in [6.45, 7) is 2.86. The molecule has 1 aromatic heterocycles. The van der Waals surface area contributed by atoms with Crippen molar-refractivity contribution in [3.05, 3.63) is 78.4 Å². The molecule has 0 aliphatic heterocycles. The molecule has 16 nitrogen and oxygen atoms in total. The number of nitrogens with zero attached hydrogens (tertiary/aromatic N) is 4. The molecule has 0 unspecified atom stereocenters. The van der Waals surface area contributed by atoms with E-state index < -0.39 is 29.7 Å². The molecular formula is C47H64N10O6S. The van der Waals surface area contributed by atoms with E-state index in [1.165, 1.54) is 58.9 Å². The summed E-state index contributed by atoms with van der Waals surface area (Å²) < 4.78 is 0. The molecule has 1 atom stereocenters. The minimum absolute atomic E-state index is 0.0813. The highest BCUT2D eigenvalue weighted by molar-refractivity contribution is 7.80. The zero-order chi connectivity index (χ0) is 45.8. The number of aromatic nitrogens is 2. The fourth-order valence-corrected chi connectivity index (χ4v) is 8.14. The Kier molecular flexibility index (Phi) is 19.6. The monoisotopic (exact) mass is 896 g/mol. The van der Waals surface area contributed by atoms with Gasteiger partial charge in [-0.25, -0.2) is 4.98 Å². The highest BCUT2D eigenvalue weighted by atomic mass is 32.1. The second kappa shape index (κ2) is 25.5. The summed E-state index contributed by atoms with van der Waals surface area (Å²) in [5.74, 6) is -2.06. The van der Waals surface area contributed by atoms with Crippen LogP contribution in [0.15, 0.2) is 67.1 Å². The number of H-pyrrole nitrogens is 1. The summed E-state index contributed by atoms with van der Waals surface area (Å²) in [5, 5.41) is 16.0. The molecule has 344 valence electrons. The van der Waals surface area contributed by atoms with Crippen LogP contribution in [0.2, 0.25) is 0 Å². The lowest BCUT2D eigenvalue weighted by Crippen LogP contribution is -2.51. The topological polar surface area (TPSA) is 229 Å². The Bertz CT molecular complexity index is 2290. The third kappa shape index (κ3) is 14.4. The molecule has 1 heterocycles. The molecule has 0 spiro atoms. The second-order valence-corrected chi connectivity index (χ2v) is 16.6. The van der Waals surface area contributed by atoms with Crippen LogP contribution in [-0.4, -0.2) is 137 Å². The number of imidazole rings is 1. The normalized spacial score (nSPS) is 11.8. The molecule has 8 N–H and O–H groups in total. The number of thiol groups is 1. The molecule has 17 heteroatoms. The van der Waals surface area contributed by atoms with Gasteiger partial charge >= 0.3 is 0 Å². The number of benzene rings is 4. The van der Waals surface area contributed by atoms with Gasteiger partial charge in [-0.1, -0.05) is 67.9 Å². The van der Waals surface area contributed by atoms with Crippen molar-refractivity contribution in [1.82, 2.24) is 40.6 Å². The highest BCUT2D eigenvalue weighted by Gasteiger charge is 2.26. The molecule has 5 aromatic rings. The van der Waals surface area contributed by atoms with E-state index in [-0.39, 0.29) is 77.1 Å². The van der Waals surface area contributed by atoms with Crippen molar-refractivity contribution in [1.29, 1.82) is 0 Å². The SMILES string of the molecule is CCCCNCC(=O)N(CCS)CC(=O)N(CCN)CC(=O)N(CCc1cnc[nH]1)CC(=O)NCCCC[C@H](NC(=O)CCCc1ccc2ccc3cccc4ccc1c2c34)C(N)=O. The Morgan fingerprint density at radius 3 is 2.11 bits per heavy atom. The largest absolute Gasteiger partial charge is 0.368 e. The minimum Gasteiger partial charge on any atom is -0.368 e. The number of hydrogen-bond acceptors (Lipinski definition) is 10. The number of unbranched alkanes of at least 4 members (excludes halogenated alkanes) is 2. The molecule has 4 aromatic carbocycles. The molecular weight excluding hydrogens is 833 g/mol. The number of nitrogens with two attached hydrogens (primary N) is 2. The maximum absolute atomic E-state index is 13.7. The number of rotatable bonds is 29. The van der Waals surface area contributed by atoms with Crippen LogP contribution in [-0.2, 0) is 41.6 Å². The van der Waals surface area contributed by atoms with E-state index in [0.717, 1.165) is 18.5 Å². The van der Waals surface area contributed by atoms with Gasteiger partial charge in [0.25, 0.3) is 0 Å². The van der Waals surface area contributed by atoms with Crippen LogP contribution >= 0.6 is 12.6 Å². The lowest BCUT2D eigenvalue weighted by atomic mass is 9.90. The van der Waals surface area contributed by atoms with Crippen LogP contribution in [0.5, 0.6) is 0 Å². The summed E-state index contributed by atoms with van der Waals surface area (Å²) >= 11 is 4.26. The third-order valence-corrected chi connectivity index (χ3v) is 11.6. The molecule has 64 heavy (non-hydrogen) atoms. The van der Waals surface area contributed by atoms with Crippen LogP contribution in [0.25, 0.3) is 32.3 Å². The maximum Gasteiger partial charge on any atom is 0.242 e. The Labute approximate surface area is 380 Å². The van der Waals surface area contributed by atoms with Crippen LogP contribution < -0.4 is 27.4 Å². The average Bonchev–Trinajstić information content (AvgIpc) is 3.81. The molecule has 0 aliphatic carbocycles. The first kappa shape index (κ1) is 49.2. The van der Waals surface area contributed by atoms with Crippen molar-refractivity contribution in [2.75, 3.05) is 71.2 Å². The fraction of sp³-hybridized carbons (Fsp3) is 0.468. The molecule has 0 saturated carbocycles. The Morgan fingerprint density at radius 1 is 0.750 bits per heavy atom. The number of carbonyl (C=O) groups excluding carboxylic acids is 6. The number of amides is 6. The van der Waals surface area contributed by atoms with Crippen LogP contribution in [0, 0.1) is 0 Å². The fourth-order valence-electron chi connectivity index (χ4n) is 7.90. The van der Waals surface area contributed by atoms with Crippen molar-refractivity contribution in [2.45, 2.75) is 70.8 Å². The number of nitrogens with one attached hydrogen (secondary N) is 4. The summed E-state index contributed by atoms with van der Waals surface area (Å²) in [5.41, 5.74) is 13.4. The van der Waals surface area contributed by atoms with Crippen molar-refractivity contribution >= 4 is 80.4 Å². The van der Waals surface area contributed by atoms with E-state index >= 15 is 0 Å². The standard InChI is InChI=1S/C47H64N10O6S/c1-2-3-21-50-28-42(60)57(25-26-64)31-44(62)56(24-20-48)30-43(61)55(23-19-37-27-51-32-53-37)29-41(59)52-22-5-4-11-39(47(49)63)54-40(58)12-7-8-33-13-14-36-16-15-34-9-6-10-35-17-18-38(33)46(36)45(34)35/h6,9-10,13-18,27,32,39,50,64H,2-5,7-8,11-12,19-26,28-31,48H2,1H3,(H2,49,63)(H,51,53)(H,52,59)(H,54,58)/t39-/m0/s1. The Morgan fingerprint density at radius 2 is 1.44 bits per heavy atom. The zero-order valence-corrected chi connectivity index (χ0v) is 37.8. The lowest BCUT2D eigenvalue weighted by Gasteiger charge is -2.29. The third-order valence-electron chi connectivity index (χ3n) is 11.4. The Balaban J connectivity index is 1.07. The summed E-state index contributed by atoms with van der Waals surface area (Å²) in [4.78, 5) is 89.8. The average molecular weight is 897 g/mol. The van der Waals surface area contributed by atoms with Crippen molar-refractivity contribution < 1.29 is 28.8 Å². The van der Waals surface area contributed by atoms with E-state index in [9.17, 15) is 28.8 Å². The molecule has 0 radical (unpaired) electrons. The predicted molar refractivity (Wildman–Crippen MR) is 254 cm³/mol. The molecule has 0 aliphatic rings. The molecule has 5 rings (SSSR count). The molecule has 6 amide bonds. The molecule has 0 fully saturated rings. The number of aromatic amines is 1. The zero-order valence-electron chi connectivity index (χ0n) is 36.9. The van der Waals surface area contributed by atoms with Gasteiger partial charge in [-0.2, -0.15) is 12.6 Å². The smallest absolute Gasteiger partial charge is 0.242 e. The summed E-state index contributed by atoms with van der Waals surface area (Å²) in [7, 11) is 0. The van der Waals surface area contributed by atoms with Gasteiger partial charge in [-0.15, -0.1) is 0 Å². The Hall–Kier alpha value is -5.78. The van der Waals surface area contributed by atoms with E-state index in [1.807, 2.05) is 0 Å². The first-order chi connectivity index (χ1) is 31.0. The predicted octanol–water partition coefficient (Wildman–Crippen LogP) is 2.89. The van der Waals surface area contributed by atoms with Crippen molar-refractivity contribution in [3.8, 4) is 0 Å². The molecule has 0 bridgehead atoms. The van der Waals surface area contributed by atoms with E-state index in [2.05, 4.69) is 100 Å². The van der Waals surface area contributed by atoms with Crippen molar-refractivity contribution in [3.63, 3.8) is 0 Å². The quantitative estimate of drug-likeness (QED) is 0.0213. The number of hydrogen-bond donors (Lipinski definition) is 7. The number of aryl methyl sites for hydroxylation is 1. The van der Waals surface area contributed by atoms with Gasteiger partial charge in [-0.05, 0) is 83.0 Å². The van der Waals surface area contributed by atoms with Crippen LogP contribution in [0.4, 0.5) is 0 Å². The molecule has 0 saturated heterocycles.